The second-order valence-electron chi connectivity index (χ2n) is 8.21. The molecule has 2 N–H and O–H groups in total. The highest BCUT2D eigenvalue weighted by Gasteiger charge is 2.39. The van der Waals surface area contributed by atoms with Gasteiger partial charge in [-0.3, -0.25) is 28.5 Å². The van der Waals surface area contributed by atoms with Crippen molar-refractivity contribution in [2.75, 3.05) is 19.8 Å². The minimum atomic E-state index is -5.03. The summed E-state index contributed by atoms with van der Waals surface area (Å²) in [5.74, 6) is -1.16. The van der Waals surface area contributed by atoms with Gasteiger partial charge in [0.2, 0.25) is 0 Å². The van der Waals surface area contributed by atoms with E-state index in [9.17, 15) is 33.7 Å². The Kier molecular flexibility index (Phi) is 11.5. The van der Waals surface area contributed by atoms with E-state index in [0.29, 0.717) is 12.8 Å². The Morgan fingerprint density at radius 2 is 1.92 bits per heavy atom. The zero-order valence-electron chi connectivity index (χ0n) is 20.4. The molecule has 1 aromatic heterocycles. The third kappa shape index (κ3) is 8.95. The van der Waals surface area contributed by atoms with Crippen molar-refractivity contribution in [3.8, 4) is 0 Å². The maximum atomic E-state index is 12.5. The molecule has 5 atom stereocenters. The normalized spacial score (nSPS) is 22.1. The van der Waals surface area contributed by atoms with Gasteiger partial charge in [0.15, 0.2) is 6.10 Å². The van der Waals surface area contributed by atoms with Gasteiger partial charge in [-0.1, -0.05) is 13.8 Å². The third-order valence-electron chi connectivity index (χ3n) is 5.14. The summed E-state index contributed by atoms with van der Waals surface area (Å²) in [4.78, 5) is 61.8. The number of aryl methyl sites for hydroxylation is 1. The number of nitrogens with zero attached hydrogens (tertiary/aromatic N) is 1. The molecule has 1 saturated heterocycles. The lowest BCUT2D eigenvalue weighted by Crippen LogP contribution is -2.33. The summed E-state index contributed by atoms with van der Waals surface area (Å²) in [5.41, 5.74) is -1.12. The number of aromatic amines is 1. The van der Waals surface area contributed by atoms with E-state index in [2.05, 4.69) is 4.98 Å². The zero-order valence-corrected chi connectivity index (χ0v) is 21.3. The fourth-order valence-electron chi connectivity index (χ4n) is 3.34. The minimum absolute atomic E-state index is 0.0769. The van der Waals surface area contributed by atoms with Crippen LogP contribution in [0, 0.1) is 6.92 Å². The largest absolute Gasteiger partial charge is 0.756 e. The summed E-state index contributed by atoms with van der Waals surface area (Å²) >= 11 is 0. The van der Waals surface area contributed by atoms with Crippen LogP contribution in [-0.4, -0.2) is 64.7 Å². The third-order valence-corrected chi connectivity index (χ3v) is 6.13. The van der Waals surface area contributed by atoms with Crippen LogP contribution in [-0.2, 0) is 37.4 Å². The van der Waals surface area contributed by atoms with Crippen LogP contribution in [0.3, 0.4) is 0 Å². The number of carbonyl (C=O) groups excluding carboxylic acids is 2. The zero-order chi connectivity index (χ0) is 26.9. The lowest BCUT2D eigenvalue weighted by atomic mass is 10.2. The number of aliphatic hydroxyl groups excluding tert-OH is 1. The molecule has 204 valence electrons. The predicted octanol–water partition coefficient (Wildman–Crippen LogP) is 0.0502. The number of H-pyrrole nitrogens is 1. The number of aliphatic hydroxyl groups is 1. The number of hydrogen-bond acceptors (Lipinski definition) is 12. The Hall–Kier alpha value is -2.35. The second-order valence-corrected chi connectivity index (χ2v) is 9.57. The molecule has 2 heterocycles. The van der Waals surface area contributed by atoms with Crippen molar-refractivity contribution >= 4 is 19.8 Å². The van der Waals surface area contributed by atoms with Crippen LogP contribution in [0.15, 0.2) is 15.8 Å². The van der Waals surface area contributed by atoms with Gasteiger partial charge in [0, 0.05) is 31.0 Å². The Balaban J connectivity index is 2.04. The number of nitrogens with one attached hydrogen (secondary N) is 1. The van der Waals surface area contributed by atoms with Gasteiger partial charge in [-0.2, -0.15) is 0 Å². The van der Waals surface area contributed by atoms with Gasteiger partial charge in [0.05, 0.1) is 19.3 Å². The van der Waals surface area contributed by atoms with Crippen LogP contribution < -0.4 is 16.1 Å². The van der Waals surface area contributed by atoms with Gasteiger partial charge >= 0.3 is 17.6 Å². The highest BCUT2D eigenvalue weighted by molar-refractivity contribution is 7.45. The topological polar surface area (TPSA) is 196 Å². The highest BCUT2D eigenvalue weighted by Crippen LogP contribution is 2.44. The summed E-state index contributed by atoms with van der Waals surface area (Å²) < 4.78 is 39.2. The average molecular weight is 535 g/mol. The molecule has 1 aliphatic rings. The van der Waals surface area contributed by atoms with E-state index < -0.39 is 75.4 Å². The first-order valence-corrected chi connectivity index (χ1v) is 13.0. The number of rotatable bonds is 14. The Labute approximate surface area is 207 Å². The highest BCUT2D eigenvalue weighted by atomic mass is 31.2. The summed E-state index contributed by atoms with van der Waals surface area (Å²) in [7, 11) is -5.03. The molecule has 0 radical (unpaired) electrons. The van der Waals surface area contributed by atoms with Gasteiger partial charge in [-0.05, 0) is 19.8 Å². The van der Waals surface area contributed by atoms with E-state index in [0.717, 1.165) is 4.57 Å². The van der Waals surface area contributed by atoms with E-state index in [1.54, 1.807) is 13.8 Å². The number of esters is 2. The maximum Gasteiger partial charge on any atom is 0.330 e. The monoisotopic (exact) mass is 535 g/mol. The molecule has 0 aliphatic carbocycles. The molecule has 1 fully saturated rings. The first-order chi connectivity index (χ1) is 17.0. The van der Waals surface area contributed by atoms with Crippen molar-refractivity contribution in [2.45, 2.75) is 77.4 Å². The molecule has 0 amide bonds. The van der Waals surface area contributed by atoms with Crippen molar-refractivity contribution in [3.63, 3.8) is 0 Å². The molecule has 14 nitrogen and oxygen atoms in total. The second kappa shape index (κ2) is 13.8. The number of carbonyl (C=O) groups is 2. The first-order valence-electron chi connectivity index (χ1n) is 11.6. The van der Waals surface area contributed by atoms with Crippen LogP contribution in [0.1, 0.15) is 57.7 Å². The Bertz CT molecular complexity index is 1050. The van der Waals surface area contributed by atoms with Crippen LogP contribution >= 0.6 is 7.82 Å². The molecule has 3 unspecified atom stereocenters. The van der Waals surface area contributed by atoms with Gasteiger partial charge in [0.25, 0.3) is 13.4 Å². The van der Waals surface area contributed by atoms with Crippen molar-refractivity contribution in [1.82, 2.24) is 9.55 Å². The molecule has 0 saturated carbocycles. The lowest BCUT2D eigenvalue weighted by molar-refractivity contribution is -0.234. The molecule has 0 bridgehead atoms. The van der Waals surface area contributed by atoms with Crippen LogP contribution in [0.4, 0.5) is 0 Å². The molecule has 0 aromatic carbocycles. The molecule has 36 heavy (non-hydrogen) atoms. The number of aromatic nitrogens is 2. The van der Waals surface area contributed by atoms with Crippen molar-refractivity contribution < 1.29 is 47.4 Å². The number of hydrogen-bond donors (Lipinski definition) is 2. The average Bonchev–Trinajstić information content (AvgIpc) is 3.20. The van der Waals surface area contributed by atoms with Gasteiger partial charge in [0.1, 0.15) is 18.9 Å². The molecule has 1 aliphatic heterocycles. The SMILES string of the molecule is CCCC(=O)OCC(COP(=O)([O-])OC1C[C@H](n2cc(C)c(=O)[nH]c2=O)O[C@@H]1CO)OC(=O)CCC. The molecule has 2 rings (SSSR count). The van der Waals surface area contributed by atoms with E-state index in [-0.39, 0.29) is 24.8 Å². The first kappa shape index (κ1) is 29.9. The van der Waals surface area contributed by atoms with Crippen LogP contribution in [0.25, 0.3) is 0 Å². The molecule has 0 spiro atoms. The molecule has 1 aromatic rings. The number of phosphoric ester groups is 1. The fourth-order valence-corrected chi connectivity index (χ4v) is 4.31. The summed E-state index contributed by atoms with van der Waals surface area (Å²) in [6.45, 7) is 3.31. The fraction of sp³-hybridized carbons (Fsp3) is 0.714. The molecular formula is C21H32N2O12P-. The standard InChI is InChI=1S/C21H33N2O12P/c1-4-6-18(25)31-11-14(33-19(26)7-5-2)12-32-36(29,30)35-15-8-17(34-16(15)10-24)23-9-13(3)20(27)22-21(23)28/h9,14-17,24H,4-8,10-12H2,1-3H3,(H,29,30)(H,22,27,28)/p-1/t14?,15?,16-,17-/m1/s1. The van der Waals surface area contributed by atoms with E-state index in [1.807, 2.05) is 0 Å². The van der Waals surface area contributed by atoms with Crippen molar-refractivity contribution in [1.29, 1.82) is 0 Å². The van der Waals surface area contributed by atoms with Crippen molar-refractivity contribution in [2.24, 2.45) is 0 Å². The maximum absolute atomic E-state index is 12.5. The summed E-state index contributed by atoms with van der Waals surface area (Å²) in [6.07, 6.45) is -2.19. The lowest BCUT2D eigenvalue weighted by Gasteiger charge is -2.29. The van der Waals surface area contributed by atoms with Gasteiger partial charge in [-0.15, -0.1) is 0 Å². The summed E-state index contributed by atoms with van der Waals surface area (Å²) in [6, 6.07) is 0. The number of ether oxygens (including phenoxy) is 3. The number of phosphoric acid groups is 1. The van der Waals surface area contributed by atoms with E-state index in [4.69, 9.17) is 23.3 Å². The minimum Gasteiger partial charge on any atom is -0.756 e. The van der Waals surface area contributed by atoms with Crippen LogP contribution in [0.2, 0.25) is 0 Å². The molecule has 15 heteroatoms. The summed E-state index contributed by atoms with van der Waals surface area (Å²) in [5, 5.41) is 9.61. The van der Waals surface area contributed by atoms with E-state index in [1.165, 1.54) is 13.1 Å². The van der Waals surface area contributed by atoms with Crippen LogP contribution in [0.5, 0.6) is 0 Å². The quantitative estimate of drug-likeness (QED) is 0.240. The Morgan fingerprint density at radius 1 is 1.25 bits per heavy atom. The van der Waals surface area contributed by atoms with Gasteiger partial charge < -0.3 is 33.3 Å². The van der Waals surface area contributed by atoms with Gasteiger partial charge in [-0.25, -0.2) is 4.79 Å². The predicted molar refractivity (Wildman–Crippen MR) is 121 cm³/mol. The van der Waals surface area contributed by atoms with E-state index >= 15 is 0 Å². The smallest absolute Gasteiger partial charge is 0.330 e. The molecular weight excluding hydrogens is 503 g/mol. The van der Waals surface area contributed by atoms with Crippen molar-refractivity contribution in [3.05, 3.63) is 32.6 Å². The Morgan fingerprint density at radius 3 is 2.56 bits per heavy atom.